The molecular formula is C41H66O14. The van der Waals surface area contributed by atoms with E-state index in [-0.39, 0.29) is 52.6 Å². The second-order valence-corrected chi connectivity index (χ2v) is 19.6. The molecule has 5 saturated carbocycles. The molecule has 0 aromatic heterocycles. The summed E-state index contributed by atoms with van der Waals surface area (Å²) < 4.78 is 24.2. The molecule has 2 spiro atoms. The second kappa shape index (κ2) is 14.5. The Morgan fingerprint density at radius 3 is 2.22 bits per heavy atom. The van der Waals surface area contributed by atoms with Crippen LogP contribution >= 0.6 is 0 Å². The summed E-state index contributed by atoms with van der Waals surface area (Å²) in [6.45, 7) is 11.8. The van der Waals surface area contributed by atoms with Gasteiger partial charge in [-0.3, -0.25) is 0 Å². The largest absolute Gasteiger partial charge is 0.478 e. The third kappa shape index (κ3) is 6.05. The van der Waals surface area contributed by atoms with Crippen molar-refractivity contribution in [2.75, 3.05) is 13.2 Å². The molecule has 2 aliphatic heterocycles. The van der Waals surface area contributed by atoms with Crippen LogP contribution in [-0.4, -0.2) is 139 Å². The van der Waals surface area contributed by atoms with Crippen LogP contribution in [0.2, 0.25) is 0 Å². The first-order valence-electron chi connectivity index (χ1n) is 20.6. The lowest BCUT2D eigenvalue weighted by molar-refractivity contribution is -0.366. The summed E-state index contributed by atoms with van der Waals surface area (Å²) in [5.41, 5.74) is -1.21. The van der Waals surface area contributed by atoms with Crippen LogP contribution in [0.15, 0.2) is 11.6 Å². The Morgan fingerprint density at radius 1 is 0.855 bits per heavy atom. The van der Waals surface area contributed by atoms with Gasteiger partial charge in [0.1, 0.15) is 42.7 Å². The number of aliphatic carboxylic acids is 1. The summed E-state index contributed by atoms with van der Waals surface area (Å²) in [7, 11) is 0. The molecule has 20 atom stereocenters. The number of carboxylic acids is 1. The number of aliphatic hydroxyl groups is 8. The smallest absolute Gasteiger partial charge is 0.330 e. The monoisotopic (exact) mass is 782 g/mol. The van der Waals surface area contributed by atoms with Gasteiger partial charge in [-0.25, -0.2) is 4.79 Å². The zero-order valence-corrected chi connectivity index (χ0v) is 33.2. The first-order valence-corrected chi connectivity index (χ1v) is 20.6. The molecule has 5 aliphatic carbocycles. The summed E-state index contributed by atoms with van der Waals surface area (Å²) in [6.07, 6.45) is -5.78. The molecule has 2 heterocycles. The molecule has 0 amide bonds. The van der Waals surface area contributed by atoms with Gasteiger partial charge in [0.15, 0.2) is 12.6 Å². The quantitative estimate of drug-likeness (QED) is 0.113. The van der Waals surface area contributed by atoms with E-state index < -0.39 is 90.9 Å². The fraction of sp³-hybridized carbons (Fsp3) is 0.927. The SMILES string of the molecule is CC(=CCCC(C)C1CC(O)C2(C)C3CCC4C(C)(C)C(OC5OCC(O)C(O)C5OC5OC(CO)C(O)C(O)C5O)CCC45CC35CC(O)C12C)C(=O)O. The van der Waals surface area contributed by atoms with Crippen molar-refractivity contribution in [3.8, 4) is 0 Å². The van der Waals surface area contributed by atoms with Crippen molar-refractivity contribution in [1.82, 2.24) is 0 Å². The number of carbonyl (C=O) groups is 1. The van der Waals surface area contributed by atoms with Gasteiger partial charge < -0.3 is 64.9 Å². The molecule has 7 rings (SSSR count). The first-order chi connectivity index (χ1) is 25.7. The number of fused-ring (bicyclic) bond motifs is 2. The van der Waals surface area contributed by atoms with Gasteiger partial charge in [-0.2, -0.15) is 0 Å². The maximum Gasteiger partial charge on any atom is 0.330 e. The van der Waals surface area contributed by atoms with Gasteiger partial charge in [0.2, 0.25) is 0 Å². The highest BCUT2D eigenvalue weighted by Crippen LogP contribution is 2.89. The lowest BCUT2D eigenvalue weighted by atomic mass is 9.40. The Balaban J connectivity index is 1.08. The van der Waals surface area contributed by atoms with Crippen molar-refractivity contribution in [1.29, 1.82) is 0 Å². The van der Waals surface area contributed by atoms with E-state index >= 15 is 0 Å². The number of hydrogen-bond donors (Lipinski definition) is 9. The van der Waals surface area contributed by atoms with Gasteiger partial charge in [0, 0.05) is 16.4 Å². The van der Waals surface area contributed by atoms with Crippen molar-refractivity contribution in [2.45, 2.75) is 173 Å². The minimum Gasteiger partial charge on any atom is -0.478 e. The van der Waals surface area contributed by atoms with Gasteiger partial charge in [-0.1, -0.05) is 40.7 Å². The maximum atomic E-state index is 12.4. The number of hydrogen-bond acceptors (Lipinski definition) is 13. The Kier molecular flexibility index (Phi) is 11.0. The first kappa shape index (κ1) is 41.9. The maximum absolute atomic E-state index is 12.4. The summed E-state index contributed by atoms with van der Waals surface area (Å²) in [6, 6.07) is 0. The standard InChI is InChI=1S/C41H66O14/c1-19(8-7-9-20(2)34(50)51)21-14-26(44)39(6)25-11-10-24-37(3,4)28(12-13-40(24)18-41(25,40)15-27(45)38(21,39)5)54-36-33(29(46)22(43)17-52-36)55-35-32(49)31(48)30(47)23(16-42)53-35/h9,19,21-33,35-36,42-49H,7-8,10-18H2,1-6H3,(H,50,51). The van der Waals surface area contributed by atoms with E-state index in [1.165, 1.54) is 0 Å². The molecule has 9 N–H and O–H groups in total. The molecule has 314 valence electrons. The van der Waals surface area contributed by atoms with Gasteiger partial charge in [-0.05, 0) is 105 Å². The molecule has 55 heavy (non-hydrogen) atoms. The van der Waals surface area contributed by atoms with Crippen molar-refractivity contribution < 1.29 is 69.7 Å². The van der Waals surface area contributed by atoms with Crippen LogP contribution in [0.4, 0.5) is 0 Å². The lowest BCUT2D eigenvalue weighted by Gasteiger charge is -2.65. The number of ether oxygens (including phenoxy) is 4. The lowest BCUT2D eigenvalue weighted by Crippen LogP contribution is -2.65. The van der Waals surface area contributed by atoms with E-state index in [1.54, 1.807) is 13.0 Å². The fourth-order valence-electron chi connectivity index (χ4n) is 13.9. The normalized spacial score (nSPS) is 53.7. The van der Waals surface area contributed by atoms with Crippen molar-refractivity contribution in [3.05, 3.63) is 11.6 Å². The number of allylic oxidation sites excluding steroid dienone is 1. The summed E-state index contributed by atoms with van der Waals surface area (Å²) >= 11 is 0. The van der Waals surface area contributed by atoms with Crippen LogP contribution in [0.5, 0.6) is 0 Å². The molecule has 0 bridgehead atoms. The Labute approximate surface area is 323 Å². The molecule has 14 heteroatoms. The van der Waals surface area contributed by atoms with E-state index in [2.05, 4.69) is 34.6 Å². The number of aliphatic hydroxyl groups excluding tert-OH is 8. The molecule has 14 nitrogen and oxygen atoms in total. The molecule has 7 fully saturated rings. The van der Waals surface area contributed by atoms with E-state index in [1.807, 2.05) is 0 Å². The highest BCUT2D eigenvalue weighted by Gasteiger charge is 2.85. The van der Waals surface area contributed by atoms with Crippen LogP contribution < -0.4 is 0 Å². The molecule has 0 radical (unpaired) electrons. The summed E-state index contributed by atoms with van der Waals surface area (Å²) in [5, 5.41) is 96.3. The average molecular weight is 783 g/mol. The van der Waals surface area contributed by atoms with Crippen LogP contribution in [0.25, 0.3) is 0 Å². The minimum atomic E-state index is -1.71. The van der Waals surface area contributed by atoms with E-state index in [0.717, 1.165) is 32.1 Å². The van der Waals surface area contributed by atoms with Crippen molar-refractivity contribution in [3.63, 3.8) is 0 Å². The van der Waals surface area contributed by atoms with Crippen molar-refractivity contribution in [2.24, 2.45) is 50.7 Å². The highest BCUT2D eigenvalue weighted by molar-refractivity contribution is 5.85. The van der Waals surface area contributed by atoms with Crippen LogP contribution in [-0.2, 0) is 23.7 Å². The van der Waals surface area contributed by atoms with E-state index in [9.17, 15) is 50.8 Å². The van der Waals surface area contributed by atoms with Gasteiger partial charge in [0.25, 0.3) is 0 Å². The van der Waals surface area contributed by atoms with Crippen LogP contribution in [0, 0.1) is 50.7 Å². The zero-order chi connectivity index (χ0) is 40.2. The molecule has 7 aliphatic rings. The molecule has 20 unspecified atom stereocenters. The van der Waals surface area contributed by atoms with Gasteiger partial charge in [0.05, 0.1) is 31.5 Å². The predicted octanol–water partition coefficient (Wildman–Crippen LogP) is 1.46. The molecular weight excluding hydrogens is 716 g/mol. The van der Waals surface area contributed by atoms with Crippen LogP contribution in [0.3, 0.4) is 0 Å². The Hall–Kier alpha value is -1.27. The second-order valence-electron chi connectivity index (χ2n) is 19.6. The zero-order valence-electron chi connectivity index (χ0n) is 33.2. The average Bonchev–Trinajstić information content (AvgIpc) is 3.73. The Bertz CT molecular complexity index is 1470. The van der Waals surface area contributed by atoms with E-state index in [0.29, 0.717) is 31.3 Å². The fourth-order valence-corrected chi connectivity index (χ4v) is 13.9. The number of rotatable bonds is 10. The van der Waals surface area contributed by atoms with Crippen molar-refractivity contribution >= 4 is 5.97 Å². The predicted molar refractivity (Wildman–Crippen MR) is 195 cm³/mol. The third-order valence-electron chi connectivity index (χ3n) is 17.2. The Morgan fingerprint density at radius 2 is 1.55 bits per heavy atom. The summed E-state index contributed by atoms with van der Waals surface area (Å²) in [5.74, 6) is -0.172. The van der Waals surface area contributed by atoms with E-state index in [4.69, 9.17) is 18.9 Å². The van der Waals surface area contributed by atoms with Gasteiger partial charge >= 0.3 is 5.97 Å². The highest BCUT2D eigenvalue weighted by atomic mass is 16.8. The summed E-state index contributed by atoms with van der Waals surface area (Å²) in [4.78, 5) is 11.4. The topological polar surface area (TPSA) is 236 Å². The van der Waals surface area contributed by atoms with Gasteiger partial charge in [-0.15, -0.1) is 0 Å². The number of carboxylic acid groups (broad SMARTS) is 1. The third-order valence-corrected chi connectivity index (χ3v) is 17.2. The van der Waals surface area contributed by atoms with Crippen LogP contribution in [0.1, 0.15) is 99.3 Å². The molecule has 0 aromatic carbocycles. The molecule has 2 saturated heterocycles. The molecule has 0 aromatic rings. The minimum absolute atomic E-state index is 0.0392.